The molecule has 0 spiro atoms. The summed E-state index contributed by atoms with van der Waals surface area (Å²) >= 11 is 0. The normalized spacial score (nSPS) is 15.1. The Hall–Kier alpha value is -2.77. The zero-order valence-corrected chi connectivity index (χ0v) is 14.0. The second-order valence-electron chi connectivity index (χ2n) is 6.07. The minimum atomic E-state index is -3.36. The van der Waals surface area contributed by atoms with E-state index < -0.39 is 12.7 Å². The molecule has 132 valence electrons. The highest BCUT2D eigenvalue weighted by Gasteiger charge is 2.38. The Kier molecular flexibility index (Phi) is 4.28. The molecule has 0 radical (unpaired) electrons. The summed E-state index contributed by atoms with van der Waals surface area (Å²) in [5, 5.41) is 2.64. The zero-order valence-electron chi connectivity index (χ0n) is 14.0. The summed E-state index contributed by atoms with van der Waals surface area (Å²) in [4.78, 5) is 20.1. The second kappa shape index (κ2) is 6.27. The summed E-state index contributed by atoms with van der Waals surface area (Å²) in [5.74, 6) is 0.198. The number of ether oxygens (including phenoxy) is 2. The predicted octanol–water partition coefficient (Wildman–Crippen LogP) is 3.41. The fraction of sp³-hybridized carbons (Fsp3) is 0.353. The minimum Gasteiger partial charge on any atom is -0.479 e. The predicted molar refractivity (Wildman–Crippen MR) is 86.7 cm³/mol. The number of halogens is 2. The number of aromatic nitrogens is 2. The van der Waals surface area contributed by atoms with Crippen LogP contribution in [-0.2, 0) is 4.79 Å². The molecule has 0 saturated heterocycles. The number of fused-ring (bicyclic) bond motifs is 1. The molecule has 0 saturated carbocycles. The third kappa shape index (κ3) is 3.67. The fourth-order valence-electron chi connectivity index (χ4n) is 2.28. The van der Waals surface area contributed by atoms with Gasteiger partial charge in [-0.15, -0.1) is 0 Å². The third-order valence-electron chi connectivity index (χ3n) is 3.65. The number of carbonyl (C=O) groups excluding carboxylic acids is 1. The summed E-state index contributed by atoms with van der Waals surface area (Å²) < 4.78 is 36.4. The number of hydrogen-bond acceptors (Lipinski definition) is 5. The van der Waals surface area contributed by atoms with Crippen LogP contribution in [0.5, 0.6) is 11.5 Å². The molecule has 0 fully saturated rings. The summed E-state index contributed by atoms with van der Waals surface area (Å²) in [5.41, 5.74) is 1.84. The summed E-state index contributed by atoms with van der Waals surface area (Å²) in [7, 11) is 0. The van der Waals surface area contributed by atoms with Crippen LogP contribution in [0.15, 0.2) is 24.5 Å². The van der Waals surface area contributed by atoms with Crippen LogP contribution in [0.1, 0.15) is 19.4 Å². The third-order valence-corrected chi connectivity index (χ3v) is 3.65. The van der Waals surface area contributed by atoms with Crippen LogP contribution < -0.4 is 14.8 Å². The number of carbonyl (C=O) groups is 1. The van der Waals surface area contributed by atoms with E-state index >= 15 is 0 Å². The molecule has 0 atom stereocenters. The quantitative estimate of drug-likeness (QED) is 0.919. The number of nitrogens with zero attached hydrogens (tertiary/aromatic N) is 2. The van der Waals surface area contributed by atoms with Crippen molar-refractivity contribution in [1.29, 1.82) is 0 Å². The van der Waals surface area contributed by atoms with Crippen molar-refractivity contribution in [2.45, 2.75) is 26.9 Å². The van der Waals surface area contributed by atoms with Crippen LogP contribution in [0.4, 0.5) is 14.6 Å². The first-order valence-electron chi connectivity index (χ1n) is 7.73. The number of benzene rings is 1. The molecule has 1 aromatic carbocycles. The van der Waals surface area contributed by atoms with Crippen molar-refractivity contribution in [2.24, 2.45) is 5.92 Å². The van der Waals surface area contributed by atoms with E-state index in [-0.39, 0.29) is 23.3 Å². The second-order valence-corrected chi connectivity index (χ2v) is 6.07. The van der Waals surface area contributed by atoms with E-state index in [0.717, 1.165) is 5.56 Å². The largest absolute Gasteiger partial charge is 0.479 e. The maximum atomic E-state index is 13.3. The van der Waals surface area contributed by atoms with Crippen LogP contribution >= 0.6 is 0 Å². The van der Waals surface area contributed by atoms with E-state index in [1.54, 1.807) is 19.9 Å². The lowest BCUT2D eigenvalue weighted by Crippen LogP contribution is -2.36. The molecule has 25 heavy (non-hydrogen) atoms. The highest BCUT2D eigenvalue weighted by Crippen LogP contribution is 2.40. The molecular weight excluding hydrogens is 332 g/mol. The number of amides is 1. The number of alkyl halides is 2. The van der Waals surface area contributed by atoms with Gasteiger partial charge in [-0.05, 0) is 24.6 Å². The van der Waals surface area contributed by atoms with Crippen LogP contribution in [0.3, 0.4) is 0 Å². The molecule has 1 aliphatic rings. The van der Waals surface area contributed by atoms with Gasteiger partial charge in [0, 0.05) is 11.5 Å². The van der Waals surface area contributed by atoms with Gasteiger partial charge in [0.25, 0.3) is 0 Å². The van der Waals surface area contributed by atoms with Crippen molar-refractivity contribution in [1.82, 2.24) is 9.97 Å². The van der Waals surface area contributed by atoms with Crippen LogP contribution in [0, 0.1) is 12.8 Å². The van der Waals surface area contributed by atoms with E-state index in [1.807, 2.05) is 6.92 Å². The van der Waals surface area contributed by atoms with Gasteiger partial charge in [-0.3, -0.25) is 9.78 Å². The summed E-state index contributed by atoms with van der Waals surface area (Å²) in [6, 6.07) is 3.07. The number of rotatable bonds is 3. The van der Waals surface area contributed by atoms with Gasteiger partial charge >= 0.3 is 6.11 Å². The molecule has 3 rings (SSSR count). The first kappa shape index (κ1) is 17.1. The first-order valence-corrected chi connectivity index (χ1v) is 7.73. The molecule has 0 aliphatic carbocycles. The molecule has 0 bridgehead atoms. The number of nitrogens with one attached hydrogen (secondary N) is 1. The van der Waals surface area contributed by atoms with Gasteiger partial charge in [-0.2, -0.15) is 8.78 Å². The topological polar surface area (TPSA) is 73.3 Å². The Labute approximate surface area is 143 Å². The summed E-state index contributed by atoms with van der Waals surface area (Å²) in [6.45, 7) is 4.53. The molecule has 1 aromatic heterocycles. The van der Waals surface area contributed by atoms with Crippen LogP contribution in [-0.4, -0.2) is 28.6 Å². The maximum absolute atomic E-state index is 13.3. The van der Waals surface area contributed by atoms with Crippen LogP contribution in [0.2, 0.25) is 0 Å². The van der Waals surface area contributed by atoms with Crippen molar-refractivity contribution in [3.8, 4) is 22.8 Å². The molecule has 0 unspecified atom stereocenters. The fourth-order valence-corrected chi connectivity index (χ4v) is 2.28. The standard InChI is InChI=1S/C17H17F2N3O3/c1-9(2)16(23)22-15-7-20-12(6-21-15)11-5-14-13(4-10(11)3)24-8-17(18,19)25-14/h4-7,9H,8H2,1-3H3,(H,21,22,23). The van der Waals surface area contributed by atoms with Crippen molar-refractivity contribution in [2.75, 3.05) is 11.9 Å². The van der Waals surface area contributed by atoms with Gasteiger partial charge in [0.2, 0.25) is 5.91 Å². The van der Waals surface area contributed by atoms with Crippen LogP contribution in [0.25, 0.3) is 11.3 Å². The van der Waals surface area contributed by atoms with Gasteiger partial charge in [-0.1, -0.05) is 13.8 Å². The molecular formula is C17H17F2N3O3. The highest BCUT2D eigenvalue weighted by molar-refractivity contribution is 5.91. The number of anilines is 1. The Morgan fingerprint density at radius 2 is 2.00 bits per heavy atom. The monoisotopic (exact) mass is 349 g/mol. The van der Waals surface area contributed by atoms with E-state index in [9.17, 15) is 13.6 Å². The van der Waals surface area contributed by atoms with Gasteiger partial charge < -0.3 is 14.8 Å². The molecule has 6 nitrogen and oxygen atoms in total. The van der Waals surface area contributed by atoms with Gasteiger partial charge in [-0.25, -0.2) is 4.98 Å². The average molecular weight is 349 g/mol. The molecule has 2 aromatic rings. The number of aryl methyl sites for hydroxylation is 1. The Morgan fingerprint density at radius 1 is 1.24 bits per heavy atom. The van der Waals surface area contributed by atoms with E-state index in [0.29, 0.717) is 17.1 Å². The Morgan fingerprint density at radius 3 is 2.64 bits per heavy atom. The first-order chi connectivity index (χ1) is 11.7. The molecule has 8 heteroatoms. The molecule has 1 N–H and O–H groups in total. The smallest absolute Gasteiger partial charge is 0.433 e. The van der Waals surface area contributed by atoms with Crippen molar-refractivity contribution < 1.29 is 23.0 Å². The van der Waals surface area contributed by atoms with E-state index in [2.05, 4.69) is 20.0 Å². The number of hydrogen-bond donors (Lipinski definition) is 1. The Bertz CT molecular complexity index is 808. The van der Waals surface area contributed by atoms with Crippen molar-refractivity contribution in [3.63, 3.8) is 0 Å². The van der Waals surface area contributed by atoms with Gasteiger partial charge in [0.15, 0.2) is 23.9 Å². The lowest BCUT2D eigenvalue weighted by atomic mass is 10.0. The Balaban J connectivity index is 1.88. The highest BCUT2D eigenvalue weighted by atomic mass is 19.3. The van der Waals surface area contributed by atoms with E-state index in [4.69, 9.17) is 4.74 Å². The lowest BCUT2D eigenvalue weighted by Gasteiger charge is -2.26. The summed E-state index contributed by atoms with van der Waals surface area (Å²) in [6.07, 6.45) is -0.483. The maximum Gasteiger partial charge on any atom is 0.433 e. The van der Waals surface area contributed by atoms with Crippen molar-refractivity contribution >= 4 is 11.7 Å². The zero-order chi connectivity index (χ0) is 18.2. The van der Waals surface area contributed by atoms with Gasteiger partial charge in [0.05, 0.1) is 18.1 Å². The minimum absolute atomic E-state index is 0.0455. The average Bonchev–Trinajstić information content (AvgIpc) is 2.55. The molecule has 1 aliphatic heterocycles. The molecule has 2 heterocycles. The molecule has 1 amide bonds. The van der Waals surface area contributed by atoms with Gasteiger partial charge in [0.1, 0.15) is 0 Å². The lowest BCUT2D eigenvalue weighted by molar-refractivity contribution is -0.208. The SMILES string of the molecule is Cc1cc2c(cc1-c1cnc(NC(=O)C(C)C)cn1)OC(F)(F)CO2. The van der Waals surface area contributed by atoms with E-state index in [1.165, 1.54) is 18.5 Å². The van der Waals surface area contributed by atoms with Crippen molar-refractivity contribution in [3.05, 3.63) is 30.1 Å².